The van der Waals surface area contributed by atoms with E-state index in [-0.39, 0.29) is 5.92 Å². The Labute approximate surface area is 202 Å². The molecule has 0 bridgehead atoms. The second-order valence-electron chi connectivity index (χ2n) is 8.90. The number of rotatable bonds is 8. The van der Waals surface area contributed by atoms with Crippen molar-refractivity contribution >= 4 is 20.9 Å². The average molecular weight is 474 g/mol. The molecule has 1 fully saturated rings. The fraction of sp³-hybridized carbons (Fsp3) is 0.286. The van der Waals surface area contributed by atoms with Crippen LogP contribution in [-0.4, -0.2) is 44.6 Å². The van der Waals surface area contributed by atoms with Gasteiger partial charge in [0.1, 0.15) is 0 Å². The van der Waals surface area contributed by atoms with Crippen LogP contribution in [0.4, 0.5) is 0 Å². The van der Waals surface area contributed by atoms with Crippen molar-refractivity contribution in [1.29, 1.82) is 0 Å². The summed E-state index contributed by atoms with van der Waals surface area (Å²) in [6, 6.07) is 28.5. The van der Waals surface area contributed by atoms with Gasteiger partial charge in [-0.15, -0.1) is 0 Å². The van der Waals surface area contributed by atoms with Gasteiger partial charge in [-0.05, 0) is 50.2 Å². The molecule has 1 aliphatic heterocycles. The molecular formula is C28H31N3O2S. The molecule has 1 saturated heterocycles. The zero-order chi connectivity index (χ0) is 23.5. The van der Waals surface area contributed by atoms with Crippen molar-refractivity contribution in [3.05, 3.63) is 102 Å². The minimum atomic E-state index is -3.73. The van der Waals surface area contributed by atoms with Crippen LogP contribution < -0.4 is 4.72 Å². The van der Waals surface area contributed by atoms with E-state index in [1.54, 1.807) is 0 Å². The first-order valence-electron chi connectivity index (χ1n) is 12.0. The summed E-state index contributed by atoms with van der Waals surface area (Å²) in [4.78, 5) is 2.43. The maximum atomic E-state index is 13.6. The van der Waals surface area contributed by atoms with Gasteiger partial charge in [0, 0.05) is 35.5 Å². The van der Waals surface area contributed by atoms with Gasteiger partial charge < -0.3 is 9.47 Å². The molecule has 0 spiro atoms. The lowest BCUT2D eigenvalue weighted by atomic mass is 9.85. The number of sulfonamides is 1. The quantitative estimate of drug-likeness (QED) is 0.399. The molecule has 176 valence electrons. The van der Waals surface area contributed by atoms with Crippen molar-refractivity contribution in [2.24, 2.45) is 0 Å². The molecule has 4 aromatic rings. The lowest BCUT2D eigenvalue weighted by Crippen LogP contribution is -2.28. The Bertz CT molecular complexity index is 1320. The zero-order valence-electron chi connectivity index (χ0n) is 19.5. The molecule has 1 N–H and O–H groups in total. The number of benzene rings is 3. The van der Waals surface area contributed by atoms with Crippen LogP contribution in [-0.2, 0) is 16.6 Å². The third-order valence-corrected chi connectivity index (χ3v) is 8.36. The lowest BCUT2D eigenvalue weighted by molar-refractivity contribution is 0.320. The summed E-state index contributed by atoms with van der Waals surface area (Å²) in [7, 11) is -2.23. The zero-order valence-corrected chi connectivity index (χ0v) is 20.3. The maximum absolute atomic E-state index is 13.6. The molecule has 1 aliphatic rings. The van der Waals surface area contributed by atoms with Crippen molar-refractivity contribution in [3.8, 4) is 0 Å². The number of hydrogen-bond acceptors (Lipinski definition) is 3. The number of likely N-dealkylation sites (tertiary alicyclic amines) is 1. The van der Waals surface area contributed by atoms with Gasteiger partial charge in [-0.1, -0.05) is 78.9 Å². The van der Waals surface area contributed by atoms with Crippen molar-refractivity contribution < 1.29 is 8.42 Å². The first kappa shape index (κ1) is 22.8. The molecule has 1 aromatic heterocycles. The number of hydrogen-bond donors (Lipinski definition) is 1. The van der Waals surface area contributed by atoms with E-state index in [9.17, 15) is 8.42 Å². The van der Waals surface area contributed by atoms with Crippen molar-refractivity contribution in [2.45, 2.75) is 30.3 Å². The van der Waals surface area contributed by atoms with E-state index >= 15 is 0 Å². The van der Waals surface area contributed by atoms with Gasteiger partial charge in [0.25, 0.3) is 10.0 Å². The summed E-state index contributed by atoms with van der Waals surface area (Å²) in [5, 5.41) is 1.35. The highest BCUT2D eigenvalue weighted by Gasteiger charge is 2.32. The highest BCUT2D eigenvalue weighted by Crippen LogP contribution is 2.41. The Hall–Kier alpha value is -2.93. The molecule has 0 atom stereocenters. The number of aromatic nitrogens is 1. The summed E-state index contributed by atoms with van der Waals surface area (Å²) < 4.78 is 31.9. The minimum absolute atomic E-state index is 0.210. The summed E-state index contributed by atoms with van der Waals surface area (Å²) in [6.07, 6.45) is 2.42. The molecule has 2 heterocycles. The minimum Gasteiger partial charge on any atom is -0.329 e. The third-order valence-electron chi connectivity index (χ3n) is 6.88. The Morgan fingerprint density at radius 1 is 0.794 bits per heavy atom. The van der Waals surface area contributed by atoms with E-state index in [0.29, 0.717) is 11.6 Å². The van der Waals surface area contributed by atoms with Crippen LogP contribution in [0, 0.1) is 0 Å². The lowest BCUT2D eigenvalue weighted by Gasteiger charge is -2.21. The van der Waals surface area contributed by atoms with Crippen LogP contribution in [0.25, 0.3) is 10.9 Å². The number of fused-ring (bicyclic) bond motifs is 1. The predicted octanol–water partition coefficient (Wildman–Crippen LogP) is 4.83. The second kappa shape index (κ2) is 9.74. The summed E-state index contributed by atoms with van der Waals surface area (Å²) in [5.74, 6) is -0.210. The predicted molar refractivity (Wildman–Crippen MR) is 138 cm³/mol. The van der Waals surface area contributed by atoms with E-state index in [1.165, 1.54) is 19.9 Å². The van der Waals surface area contributed by atoms with Crippen LogP contribution in [0.1, 0.15) is 35.4 Å². The molecule has 0 radical (unpaired) electrons. The largest absolute Gasteiger partial charge is 0.329 e. The first-order valence-corrected chi connectivity index (χ1v) is 13.5. The topological polar surface area (TPSA) is 54.3 Å². The molecule has 5 rings (SSSR count). The molecule has 0 saturated carbocycles. The van der Waals surface area contributed by atoms with Crippen LogP contribution >= 0.6 is 0 Å². The van der Waals surface area contributed by atoms with Gasteiger partial charge in [-0.25, -0.2) is 13.1 Å². The van der Waals surface area contributed by atoms with E-state index in [0.717, 1.165) is 47.2 Å². The molecular weight excluding hydrogens is 442 g/mol. The molecule has 6 heteroatoms. The summed E-state index contributed by atoms with van der Waals surface area (Å²) in [6.45, 7) is 3.63. The molecule has 3 aromatic carbocycles. The SMILES string of the molecule is CNS(=O)(=O)c1c(C(c2ccccc2)c2ccccc2)c2ccccc2n1CCN1CCCC1. The summed E-state index contributed by atoms with van der Waals surface area (Å²) >= 11 is 0. The second-order valence-corrected chi connectivity index (χ2v) is 10.7. The fourth-order valence-electron chi connectivity index (χ4n) is 5.26. The molecule has 34 heavy (non-hydrogen) atoms. The monoisotopic (exact) mass is 473 g/mol. The molecule has 0 amide bonds. The van der Waals surface area contributed by atoms with E-state index in [2.05, 4.69) is 40.0 Å². The van der Waals surface area contributed by atoms with Gasteiger partial charge in [0.05, 0.1) is 0 Å². The number of para-hydroxylation sites is 1. The standard InChI is InChI=1S/C28H31N3O2S/c1-29-34(32,33)28-27(26(22-12-4-2-5-13-22)23-14-6-3-7-15-23)24-16-8-9-17-25(24)31(28)21-20-30-18-10-11-19-30/h2-9,12-17,26,29H,10-11,18-21H2,1H3. The Morgan fingerprint density at radius 3 is 1.94 bits per heavy atom. The van der Waals surface area contributed by atoms with Gasteiger partial charge >= 0.3 is 0 Å². The molecule has 0 aliphatic carbocycles. The van der Waals surface area contributed by atoms with Crippen LogP contribution in [0.2, 0.25) is 0 Å². The van der Waals surface area contributed by atoms with Gasteiger partial charge in [-0.3, -0.25) is 0 Å². The Balaban J connectivity index is 1.79. The van der Waals surface area contributed by atoms with Crippen LogP contribution in [0.15, 0.2) is 90.0 Å². The third kappa shape index (κ3) is 4.29. The van der Waals surface area contributed by atoms with Crippen molar-refractivity contribution in [1.82, 2.24) is 14.2 Å². The van der Waals surface area contributed by atoms with Crippen LogP contribution in [0.5, 0.6) is 0 Å². The normalized spacial score (nSPS) is 14.9. The smallest absolute Gasteiger partial charge is 0.256 e. The highest BCUT2D eigenvalue weighted by molar-refractivity contribution is 7.89. The fourth-order valence-corrected chi connectivity index (χ4v) is 6.45. The summed E-state index contributed by atoms with van der Waals surface area (Å²) in [5.41, 5.74) is 3.94. The number of nitrogens with zero attached hydrogens (tertiary/aromatic N) is 2. The first-order chi connectivity index (χ1) is 16.6. The van der Waals surface area contributed by atoms with Gasteiger partial charge in [-0.2, -0.15) is 0 Å². The van der Waals surface area contributed by atoms with E-state index < -0.39 is 10.0 Å². The Morgan fingerprint density at radius 2 is 1.35 bits per heavy atom. The number of nitrogens with one attached hydrogen (secondary N) is 1. The molecule has 0 unspecified atom stereocenters. The average Bonchev–Trinajstić information content (AvgIpc) is 3.51. The Kier molecular flexibility index (Phi) is 6.55. The van der Waals surface area contributed by atoms with Crippen molar-refractivity contribution in [2.75, 3.05) is 26.7 Å². The maximum Gasteiger partial charge on any atom is 0.256 e. The van der Waals surface area contributed by atoms with Crippen LogP contribution in [0.3, 0.4) is 0 Å². The van der Waals surface area contributed by atoms with Crippen molar-refractivity contribution in [3.63, 3.8) is 0 Å². The van der Waals surface area contributed by atoms with E-state index in [4.69, 9.17) is 0 Å². The highest BCUT2D eigenvalue weighted by atomic mass is 32.2. The van der Waals surface area contributed by atoms with Gasteiger partial charge in [0.15, 0.2) is 5.03 Å². The molecule has 5 nitrogen and oxygen atoms in total. The van der Waals surface area contributed by atoms with Gasteiger partial charge in [0.2, 0.25) is 0 Å². The van der Waals surface area contributed by atoms with E-state index in [1.807, 2.05) is 59.2 Å².